The maximum absolute atomic E-state index is 11.2. The molecule has 28 heavy (non-hydrogen) atoms. The van der Waals surface area contributed by atoms with Crippen molar-refractivity contribution < 1.29 is 43.9 Å². The number of nitrogen functional groups attached to an aromatic ring is 1. The van der Waals surface area contributed by atoms with Crippen LogP contribution in [0.15, 0.2) is 6.33 Å². The summed E-state index contributed by atoms with van der Waals surface area (Å²) in [5.74, 6) is -4.35. The van der Waals surface area contributed by atoms with Crippen molar-refractivity contribution in [2.75, 3.05) is 12.3 Å². The van der Waals surface area contributed by atoms with E-state index in [0.29, 0.717) is 0 Å². The highest BCUT2D eigenvalue weighted by Crippen LogP contribution is 2.42. The summed E-state index contributed by atoms with van der Waals surface area (Å²) < 4.78 is 22.6. The average molecular weight is 440 g/mol. The Hall–Kier alpha value is -1.90. The van der Waals surface area contributed by atoms with Gasteiger partial charge in [-0.05, 0) is 11.6 Å². The maximum atomic E-state index is 11.2. The molecule has 154 valence electrons. The number of carboxylic acid groups (broad SMARTS) is 1. The SMILES string of the molecule is Nc1nc(Cl)nc2c1ncn2[C@@H]1O[C@H](COC(C(=O)O)P(=O)(O)O)[C@@H](O)[C@H]1O. The molecule has 3 rings (SSSR count). The normalized spacial score (nSPS) is 26.6. The van der Waals surface area contributed by atoms with Gasteiger partial charge in [0.1, 0.15) is 23.8 Å². The number of carbonyl (C=O) groups is 1. The average Bonchev–Trinajstić information content (AvgIpc) is 3.09. The van der Waals surface area contributed by atoms with Gasteiger partial charge in [0, 0.05) is 0 Å². The number of hydrogen-bond donors (Lipinski definition) is 6. The molecule has 3 heterocycles. The van der Waals surface area contributed by atoms with Crippen LogP contribution in [0.2, 0.25) is 5.28 Å². The zero-order valence-electron chi connectivity index (χ0n) is 13.7. The summed E-state index contributed by atoms with van der Waals surface area (Å²) in [4.78, 5) is 40.6. The molecule has 1 fully saturated rings. The Morgan fingerprint density at radius 1 is 1.39 bits per heavy atom. The van der Waals surface area contributed by atoms with Crippen molar-refractivity contribution in [3.05, 3.63) is 11.6 Å². The first-order valence-electron chi connectivity index (χ1n) is 7.57. The van der Waals surface area contributed by atoms with Crippen molar-refractivity contribution >= 4 is 42.1 Å². The van der Waals surface area contributed by atoms with Crippen LogP contribution >= 0.6 is 19.2 Å². The monoisotopic (exact) mass is 439 g/mol. The second kappa shape index (κ2) is 7.50. The van der Waals surface area contributed by atoms with Crippen LogP contribution in [0.25, 0.3) is 11.2 Å². The van der Waals surface area contributed by atoms with Crippen molar-refractivity contribution in [3.63, 3.8) is 0 Å². The molecule has 2 aromatic heterocycles. The lowest BCUT2D eigenvalue weighted by Crippen LogP contribution is -2.36. The molecule has 1 aliphatic rings. The zero-order chi connectivity index (χ0) is 20.8. The molecule has 0 saturated carbocycles. The standard InChI is InChI=1S/C12H15ClN5O9P/c13-12-16-7(14)4-8(17-12)18(2-15-4)9-6(20)5(19)3(27-9)1-26-11(10(21)22)28(23,24)25/h2-3,5-6,9,11,19-20H,1H2,(H,21,22)(H2,14,16,17)(H2,23,24,25)/t3-,5-,6-,9-,11?/m1/s1. The molecule has 0 spiro atoms. The van der Waals surface area contributed by atoms with Crippen molar-refractivity contribution in [1.82, 2.24) is 19.5 Å². The third kappa shape index (κ3) is 3.81. The van der Waals surface area contributed by atoms with Gasteiger partial charge in [0.2, 0.25) is 5.28 Å². The third-order valence-corrected chi connectivity index (χ3v) is 5.12. The van der Waals surface area contributed by atoms with E-state index >= 15 is 0 Å². The van der Waals surface area contributed by atoms with Gasteiger partial charge in [0.25, 0.3) is 5.85 Å². The number of carboxylic acids is 1. The number of aliphatic hydroxyl groups excluding tert-OH is 2. The van der Waals surface area contributed by atoms with E-state index in [4.69, 9.17) is 41.7 Å². The zero-order valence-corrected chi connectivity index (χ0v) is 15.4. The Morgan fingerprint density at radius 3 is 2.68 bits per heavy atom. The van der Waals surface area contributed by atoms with Crippen LogP contribution in [0.5, 0.6) is 0 Å². The van der Waals surface area contributed by atoms with Gasteiger partial charge in [0.15, 0.2) is 17.7 Å². The number of aliphatic carboxylic acids is 1. The van der Waals surface area contributed by atoms with E-state index in [9.17, 15) is 19.6 Å². The Bertz CT molecular complexity index is 951. The van der Waals surface area contributed by atoms with Gasteiger partial charge in [-0.3, -0.25) is 9.13 Å². The van der Waals surface area contributed by atoms with E-state index in [-0.39, 0.29) is 22.3 Å². The molecule has 1 saturated heterocycles. The van der Waals surface area contributed by atoms with E-state index in [1.165, 1.54) is 10.9 Å². The molecule has 1 aliphatic heterocycles. The number of fused-ring (bicyclic) bond motifs is 1. The van der Waals surface area contributed by atoms with Crippen molar-refractivity contribution in [2.45, 2.75) is 30.4 Å². The van der Waals surface area contributed by atoms with Crippen molar-refractivity contribution in [3.8, 4) is 0 Å². The lowest BCUT2D eigenvalue weighted by atomic mass is 10.1. The van der Waals surface area contributed by atoms with Crippen LogP contribution in [-0.4, -0.2) is 81.4 Å². The van der Waals surface area contributed by atoms with Crippen LogP contribution in [0.3, 0.4) is 0 Å². The van der Waals surface area contributed by atoms with Gasteiger partial charge < -0.3 is 40.3 Å². The smallest absolute Gasteiger partial charge is 0.365 e. The predicted molar refractivity (Wildman–Crippen MR) is 90.1 cm³/mol. The summed E-state index contributed by atoms with van der Waals surface area (Å²) in [6.07, 6.45) is -4.42. The summed E-state index contributed by atoms with van der Waals surface area (Å²) in [5, 5.41) is 29.1. The fraction of sp³-hybridized carbons (Fsp3) is 0.500. The molecular formula is C12H15ClN5O9P. The molecule has 0 radical (unpaired) electrons. The van der Waals surface area contributed by atoms with Crippen LogP contribution < -0.4 is 5.73 Å². The maximum Gasteiger partial charge on any atom is 0.365 e. The van der Waals surface area contributed by atoms with Gasteiger partial charge in [-0.2, -0.15) is 9.97 Å². The molecule has 0 aliphatic carbocycles. The number of rotatable bonds is 6. The molecule has 0 aromatic carbocycles. The van der Waals surface area contributed by atoms with Crippen LogP contribution in [0.1, 0.15) is 6.23 Å². The lowest BCUT2D eigenvalue weighted by Gasteiger charge is -2.19. The highest BCUT2D eigenvalue weighted by atomic mass is 35.5. The number of nitrogens with zero attached hydrogens (tertiary/aromatic N) is 4. The first kappa shape index (κ1) is 20.8. The first-order chi connectivity index (χ1) is 13.0. The number of nitrogens with two attached hydrogens (primary N) is 1. The molecule has 0 bridgehead atoms. The molecular weight excluding hydrogens is 425 g/mol. The summed E-state index contributed by atoms with van der Waals surface area (Å²) in [6.45, 7) is -0.721. The van der Waals surface area contributed by atoms with E-state index in [2.05, 4.69) is 15.0 Å². The molecule has 0 amide bonds. The quantitative estimate of drug-likeness (QED) is 0.218. The Balaban J connectivity index is 1.81. The Labute approximate surface area is 160 Å². The summed E-state index contributed by atoms with van der Waals surface area (Å²) >= 11 is 5.76. The van der Waals surface area contributed by atoms with Crippen LogP contribution in [-0.2, 0) is 18.8 Å². The predicted octanol–water partition coefficient (Wildman–Crippen LogP) is -1.71. The topological polar surface area (TPSA) is 223 Å². The lowest BCUT2D eigenvalue weighted by molar-refractivity contribution is -0.149. The second-order valence-corrected chi connectivity index (χ2v) is 7.85. The number of ether oxygens (including phenoxy) is 2. The number of anilines is 1. The van der Waals surface area contributed by atoms with E-state index in [0.717, 1.165) is 0 Å². The largest absolute Gasteiger partial charge is 0.479 e. The molecule has 1 unspecified atom stereocenters. The minimum absolute atomic E-state index is 0.0207. The van der Waals surface area contributed by atoms with E-state index in [1.54, 1.807) is 0 Å². The fourth-order valence-electron chi connectivity index (χ4n) is 2.69. The van der Waals surface area contributed by atoms with Gasteiger partial charge in [-0.15, -0.1) is 0 Å². The van der Waals surface area contributed by atoms with Gasteiger partial charge in [-0.1, -0.05) is 0 Å². The number of halogens is 1. The van der Waals surface area contributed by atoms with Gasteiger partial charge >= 0.3 is 13.6 Å². The fourth-order valence-corrected chi connectivity index (χ4v) is 3.43. The number of aromatic nitrogens is 4. The number of hydrogen-bond acceptors (Lipinski definition) is 10. The molecule has 2 aromatic rings. The molecule has 14 nitrogen and oxygen atoms in total. The van der Waals surface area contributed by atoms with Gasteiger partial charge in [-0.25, -0.2) is 9.78 Å². The molecule has 7 N–H and O–H groups in total. The van der Waals surface area contributed by atoms with Gasteiger partial charge in [0.05, 0.1) is 12.9 Å². The second-order valence-electron chi connectivity index (χ2n) is 5.86. The highest BCUT2D eigenvalue weighted by molar-refractivity contribution is 7.53. The number of imidazole rings is 1. The van der Waals surface area contributed by atoms with E-state index < -0.39 is 50.6 Å². The first-order valence-corrected chi connectivity index (χ1v) is 9.63. The molecule has 5 atom stereocenters. The van der Waals surface area contributed by atoms with Crippen LogP contribution in [0, 0.1) is 0 Å². The van der Waals surface area contributed by atoms with Crippen molar-refractivity contribution in [1.29, 1.82) is 0 Å². The summed E-state index contributed by atoms with van der Waals surface area (Å²) in [5.41, 5.74) is 5.97. The number of aliphatic hydroxyl groups is 2. The minimum atomic E-state index is -5.11. The Kier molecular flexibility index (Phi) is 5.58. The van der Waals surface area contributed by atoms with E-state index in [1.807, 2.05) is 0 Å². The summed E-state index contributed by atoms with van der Waals surface area (Å²) in [6, 6.07) is 0. The highest BCUT2D eigenvalue weighted by Gasteiger charge is 2.46. The summed E-state index contributed by atoms with van der Waals surface area (Å²) in [7, 11) is -5.11. The Morgan fingerprint density at radius 2 is 2.07 bits per heavy atom. The minimum Gasteiger partial charge on any atom is -0.479 e. The molecule has 16 heteroatoms. The van der Waals surface area contributed by atoms with Crippen molar-refractivity contribution in [2.24, 2.45) is 0 Å². The van der Waals surface area contributed by atoms with Crippen LogP contribution in [0.4, 0.5) is 5.82 Å². The third-order valence-electron chi connectivity index (χ3n) is 3.97.